The second-order valence-corrected chi connectivity index (χ2v) is 6.14. The number of methoxy groups -OCH3 is 2. The average Bonchev–Trinajstić information content (AvgIpc) is 2.77. The summed E-state index contributed by atoms with van der Waals surface area (Å²) >= 11 is 0. The van der Waals surface area contributed by atoms with E-state index in [0.717, 1.165) is 14.2 Å². The minimum Gasteiger partial charge on any atom is -0.491 e. The third-order valence-corrected chi connectivity index (χ3v) is 4.13. The molecular formula is C22H14F8O2. The van der Waals surface area contributed by atoms with Crippen molar-refractivity contribution in [3.63, 3.8) is 0 Å². The van der Waals surface area contributed by atoms with Gasteiger partial charge in [0.15, 0.2) is 34.8 Å². The Bertz CT molecular complexity index is 1000. The van der Waals surface area contributed by atoms with Crippen molar-refractivity contribution in [3.05, 3.63) is 57.7 Å². The predicted molar refractivity (Wildman–Crippen MR) is 97.9 cm³/mol. The highest BCUT2D eigenvalue weighted by Crippen LogP contribution is 2.30. The first kappa shape index (κ1) is 24.9. The maximum absolute atomic E-state index is 13.8. The first-order valence-corrected chi connectivity index (χ1v) is 8.94. The maximum atomic E-state index is 13.8. The minimum atomic E-state index is -1.71. The molecule has 2 aromatic carbocycles. The molecule has 0 saturated heterocycles. The molecule has 0 aliphatic carbocycles. The van der Waals surface area contributed by atoms with Crippen molar-refractivity contribution in [2.45, 2.75) is 25.7 Å². The van der Waals surface area contributed by atoms with E-state index in [1.807, 2.05) is 11.8 Å². The van der Waals surface area contributed by atoms with Crippen molar-refractivity contribution in [2.24, 2.45) is 0 Å². The van der Waals surface area contributed by atoms with E-state index in [-0.39, 0.29) is 12.8 Å². The molecule has 0 aromatic heterocycles. The van der Waals surface area contributed by atoms with E-state index in [4.69, 9.17) is 0 Å². The zero-order chi connectivity index (χ0) is 24.0. The second-order valence-electron chi connectivity index (χ2n) is 6.14. The van der Waals surface area contributed by atoms with Gasteiger partial charge in [-0.1, -0.05) is 23.7 Å². The summed E-state index contributed by atoms with van der Waals surface area (Å²) in [5.74, 6) is -7.32. The molecule has 0 amide bonds. The van der Waals surface area contributed by atoms with Gasteiger partial charge in [-0.15, -0.1) is 0 Å². The molecule has 2 aromatic rings. The van der Waals surface area contributed by atoms with Crippen LogP contribution in [-0.2, 0) is 0 Å². The van der Waals surface area contributed by atoms with Crippen molar-refractivity contribution >= 4 is 0 Å². The first-order valence-electron chi connectivity index (χ1n) is 8.94. The summed E-state index contributed by atoms with van der Waals surface area (Å²) in [4.78, 5) is 0. The fraction of sp³-hybridized carbons (Fsp3) is 0.273. The Morgan fingerprint density at radius 2 is 0.781 bits per heavy atom. The van der Waals surface area contributed by atoms with E-state index in [9.17, 15) is 35.1 Å². The summed E-state index contributed by atoms with van der Waals surface area (Å²) in [6.45, 7) is 0. The van der Waals surface area contributed by atoms with Crippen molar-refractivity contribution in [1.82, 2.24) is 0 Å². The average molecular weight is 462 g/mol. The van der Waals surface area contributed by atoms with Gasteiger partial charge >= 0.3 is 0 Å². The van der Waals surface area contributed by atoms with Crippen LogP contribution in [0.5, 0.6) is 11.5 Å². The molecule has 2 rings (SSSR count). The number of hydrogen-bond donors (Lipinski definition) is 0. The summed E-state index contributed by atoms with van der Waals surface area (Å²) in [5, 5.41) is 0. The highest BCUT2D eigenvalue weighted by molar-refractivity contribution is 5.44. The number of unbranched alkanes of at least 4 members (excludes halogenated alkanes) is 3. The molecule has 0 atom stereocenters. The molecule has 0 aliphatic heterocycles. The van der Waals surface area contributed by atoms with Crippen LogP contribution in [0, 0.1) is 70.2 Å². The number of ether oxygens (including phenoxy) is 2. The largest absolute Gasteiger partial charge is 0.491 e. The van der Waals surface area contributed by atoms with Gasteiger partial charge in [-0.25, -0.2) is 17.6 Å². The summed E-state index contributed by atoms with van der Waals surface area (Å²) in [5.41, 5.74) is -2.18. The third kappa shape index (κ3) is 4.91. The number of benzene rings is 2. The fourth-order valence-electron chi connectivity index (χ4n) is 2.53. The predicted octanol–water partition coefficient (Wildman–Crippen LogP) is 5.78. The van der Waals surface area contributed by atoms with Crippen LogP contribution in [0.25, 0.3) is 0 Å². The maximum Gasteiger partial charge on any atom is 0.205 e. The molecule has 0 N–H and O–H groups in total. The number of hydrogen-bond acceptors (Lipinski definition) is 2. The van der Waals surface area contributed by atoms with Gasteiger partial charge in [-0.05, 0) is 12.8 Å². The van der Waals surface area contributed by atoms with Gasteiger partial charge in [0, 0.05) is 12.8 Å². The first-order chi connectivity index (χ1) is 15.2. The van der Waals surface area contributed by atoms with E-state index in [1.54, 1.807) is 0 Å². The normalized spacial score (nSPS) is 10.2. The van der Waals surface area contributed by atoms with Gasteiger partial charge in [-0.3, -0.25) is 0 Å². The van der Waals surface area contributed by atoms with E-state index in [2.05, 4.69) is 21.3 Å². The Hall–Kier alpha value is -3.40. The smallest absolute Gasteiger partial charge is 0.205 e. The molecule has 0 heterocycles. The second kappa shape index (κ2) is 10.8. The highest BCUT2D eigenvalue weighted by atomic mass is 19.2. The summed E-state index contributed by atoms with van der Waals surface area (Å²) in [6, 6.07) is 0. The standard InChI is InChI=1S/C22H14F8O2/c1-31-21-17(27)13(23)11(14(24)18(21)28)9-7-5-3-4-6-8-10-12-15(25)19(29)22(32-2)20(30)16(12)26/h3-6H2,1-2H3. The molecule has 2 nitrogen and oxygen atoms in total. The molecule has 0 spiro atoms. The van der Waals surface area contributed by atoms with Crippen LogP contribution in [0.3, 0.4) is 0 Å². The van der Waals surface area contributed by atoms with Gasteiger partial charge in [0.05, 0.1) is 14.2 Å². The zero-order valence-electron chi connectivity index (χ0n) is 16.7. The monoisotopic (exact) mass is 462 g/mol. The molecular weight excluding hydrogens is 448 g/mol. The molecule has 170 valence electrons. The van der Waals surface area contributed by atoms with Crippen molar-refractivity contribution in [2.75, 3.05) is 14.2 Å². The molecule has 0 saturated carbocycles. The quantitative estimate of drug-likeness (QED) is 0.243. The van der Waals surface area contributed by atoms with Crippen molar-refractivity contribution < 1.29 is 44.6 Å². The Balaban J connectivity index is 2.01. The topological polar surface area (TPSA) is 18.5 Å². The van der Waals surface area contributed by atoms with E-state index in [0.29, 0.717) is 12.8 Å². The molecule has 0 aliphatic rings. The van der Waals surface area contributed by atoms with E-state index in [1.165, 1.54) is 0 Å². The Kier molecular flexibility index (Phi) is 8.36. The Labute approximate surface area is 178 Å². The lowest BCUT2D eigenvalue weighted by atomic mass is 10.1. The van der Waals surface area contributed by atoms with Gasteiger partial charge in [0.25, 0.3) is 0 Å². The van der Waals surface area contributed by atoms with Gasteiger partial charge < -0.3 is 9.47 Å². The lowest BCUT2D eigenvalue weighted by Crippen LogP contribution is -2.04. The van der Waals surface area contributed by atoms with E-state index < -0.39 is 69.2 Å². The summed E-state index contributed by atoms with van der Waals surface area (Å²) in [7, 11) is 1.69. The van der Waals surface area contributed by atoms with Crippen LogP contribution in [-0.4, -0.2) is 14.2 Å². The Morgan fingerprint density at radius 1 is 0.500 bits per heavy atom. The SMILES string of the molecule is COc1c(F)c(F)c(C#CCCCCC#Cc2c(F)c(F)c(OC)c(F)c2F)c(F)c1F. The van der Waals surface area contributed by atoms with E-state index >= 15 is 0 Å². The lowest BCUT2D eigenvalue weighted by Gasteiger charge is -2.07. The molecule has 10 heteroatoms. The van der Waals surface area contributed by atoms with Crippen LogP contribution >= 0.6 is 0 Å². The zero-order valence-corrected chi connectivity index (χ0v) is 16.7. The van der Waals surface area contributed by atoms with Crippen molar-refractivity contribution in [1.29, 1.82) is 0 Å². The third-order valence-electron chi connectivity index (χ3n) is 4.13. The molecule has 0 unspecified atom stereocenters. The van der Waals surface area contributed by atoms with Crippen LogP contribution in [0.1, 0.15) is 36.8 Å². The van der Waals surface area contributed by atoms with Crippen LogP contribution in [0.4, 0.5) is 35.1 Å². The number of rotatable bonds is 5. The Morgan fingerprint density at radius 3 is 1.03 bits per heavy atom. The molecule has 0 radical (unpaired) electrons. The molecule has 0 fully saturated rings. The molecule has 0 bridgehead atoms. The highest BCUT2D eigenvalue weighted by Gasteiger charge is 2.26. The fourth-order valence-corrected chi connectivity index (χ4v) is 2.53. The van der Waals surface area contributed by atoms with Gasteiger partial charge in [0.1, 0.15) is 11.1 Å². The summed E-state index contributed by atoms with van der Waals surface area (Å²) in [6.07, 6.45) is 0.680. The minimum absolute atomic E-state index is 0.0460. The van der Waals surface area contributed by atoms with Gasteiger partial charge in [-0.2, -0.15) is 17.6 Å². The van der Waals surface area contributed by atoms with Crippen LogP contribution < -0.4 is 9.47 Å². The molecule has 32 heavy (non-hydrogen) atoms. The number of halogens is 8. The van der Waals surface area contributed by atoms with Crippen molar-refractivity contribution in [3.8, 4) is 35.2 Å². The van der Waals surface area contributed by atoms with Crippen LogP contribution in [0.15, 0.2) is 0 Å². The summed E-state index contributed by atoms with van der Waals surface area (Å²) < 4.78 is 118. The van der Waals surface area contributed by atoms with Gasteiger partial charge in [0.2, 0.25) is 23.3 Å². The van der Waals surface area contributed by atoms with Crippen LogP contribution in [0.2, 0.25) is 0 Å². The lowest BCUT2D eigenvalue weighted by molar-refractivity contribution is 0.331.